The largest absolute Gasteiger partial charge is 0.497 e. The fourth-order valence-corrected chi connectivity index (χ4v) is 4.46. The van der Waals surface area contributed by atoms with Crippen LogP contribution in [0.15, 0.2) is 34.7 Å². The average molecular weight is 371 g/mol. The number of likely N-dealkylation sites (tertiary alicyclic amines) is 1. The van der Waals surface area contributed by atoms with Crippen LogP contribution in [0.5, 0.6) is 11.5 Å². The highest BCUT2D eigenvalue weighted by atomic mass is 32.1. The van der Waals surface area contributed by atoms with Crippen LogP contribution in [0.1, 0.15) is 12.5 Å². The van der Waals surface area contributed by atoms with Crippen LogP contribution in [0.25, 0.3) is 21.3 Å². The van der Waals surface area contributed by atoms with Crippen LogP contribution in [-0.2, 0) is 0 Å². The maximum Gasteiger partial charge on any atom is 0.263 e. The molecular weight excluding hydrogens is 350 g/mol. The van der Waals surface area contributed by atoms with E-state index in [1.807, 2.05) is 23.6 Å². The Morgan fingerprint density at radius 1 is 1.23 bits per heavy atom. The molecule has 6 nitrogen and oxygen atoms in total. The van der Waals surface area contributed by atoms with Gasteiger partial charge in [0.1, 0.15) is 16.3 Å². The lowest BCUT2D eigenvalue weighted by atomic mass is 10.0. The van der Waals surface area contributed by atoms with Crippen LogP contribution in [0.4, 0.5) is 0 Å². The minimum atomic E-state index is 0.0180. The monoisotopic (exact) mass is 371 g/mol. The van der Waals surface area contributed by atoms with E-state index in [1.54, 1.807) is 25.1 Å². The lowest BCUT2D eigenvalue weighted by Gasteiger charge is -2.14. The smallest absolute Gasteiger partial charge is 0.263 e. The Morgan fingerprint density at radius 3 is 2.77 bits per heavy atom. The Bertz CT molecular complexity index is 1010. The van der Waals surface area contributed by atoms with Gasteiger partial charge in [-0.1, -0.05) is 0 Å². The molecule has 1 atom stereocenters. The van der Waals surface area contributed by atoms with Gasteiger partial charge in [0.05, 0.1) is 32.0 Å². The Morgan fingerprint density at radius 2 is 2.08 bits per heavy atom. The second kappa shape index (κ2) is 6.74. The Labute approximate surface area is 155 Å². The summed E-state index contributed by atoms with van der Waals surface area (Å²) in [5, 5.41) is 2.64. The highest BCUT2D eigenvalue weighted by Crippen LogP contribution is 2.38. The number of thiophene rings is 1. The van der Waals surface area contributed by atoms with E-state index in [0.29, 0.717) is 11.1 Å². The summed E-state index contributed by atoms with van der Waals surface area (Å²) in [4.78, 5) is 20.8. The van der Waals surface area contributed by atoms with Gasteiger partial charge < -0.3 is 14.4 Å². The van der Waals surface area contributed by atoms with Crippen molar-refractivity contribution in [2.75, 3.05) is 34.4 Å². The van der Waals surface area contributed by atoms with Gasteiger partial charge in [0.2, 0.25) is 0 Å². The van der Waals surface area contributed by atoms with Crippen molar-refractivity contribution < 1.29 is 9.47 Å². The van der Waals surface area contributed by atoms with Gasteiger partial charge in [-0.2, -0.15) is 0 Å². The number of methoxy groups -OCH3 is 2. The third kappa shape index (κ3) is 2.77. The van der Waals surface area contributed by atoms with Gasteiger partial charge >= 0.3 is 0 Å². The molecule has 0 saturated carbocycles. The summed E-state index contributed by atoms with van der Waals surface area (Å²) < 4.78 is 12.6. The van der Waals surface area contributed by atoms with Gasteiger partial charge in [0.15, 0.2) is 0 Å². The summed E-state index contributed by atoms with van der Waals surface area (Å²) in [5.74, 6) is 1.40. The van der Waals surface area contributed by atoms with Gasteiger partial charge in [0, 0.05) is 29.1 Å². The number of nitrogens with zero attached hydrogens (tertiary/aromatic N) is 3. The van der Waals surface area contributed by atoms with Crippen LogP contribution in [0.2, 0.25) is 0 Å². The van der Waals surface area contributed by atoms with Crippen LogP contribution in [-0.4, -0.2) is 48.8 Å². The zero-order valence-electron chi connectivity index (χ0n) is 15.1. The van der Waals surface area contributed by atoms with Gasteiger partial charge in [-0.15, -0.1) is 11.3 Å². The van der Waals surface area contributed by atoms with Crippen LogP contribution in [0.3, 0.4) is 0 Å². The molecule has 26 heavy (non-hydrogen) atoms. The van der Waals surface area contributed by atoms with Crippen LogP contribution in [0, 0.1) is 0 Å². The predicted molar refractivity (Wildman–Crippen MR) is 104 cm³/mol. The number of fused-ring (bicyclic) bond motifs is 1. The maximum absolute atomic E-state index is 13.2. The number of hydrogen-bond acceptors (Lipinski definition) is 6. The molecule has 1 aliphatic heterocycles. The van der Waals surface area contributed by atoms with Crippen LogP contribution < -0.4 is 15.0 Å². The molecule has 1 saturated heterocycles. The topological polar surface area (TPSA) is 56.6 Å². The number of rotatable bonds is 4. The molecule has 0 aliphatic carbocycles. The molecule has 3 aromatic rings. The standard InChI is InChI=1S/C19H21N3O3S/c1-21-7-6-12(9-21)22-11-20-18-17(19(22)23)15(10-26-18)14-5-4-13(24-2)8-16(14)25-3/h4-5,8,10-12H,6-7,9H2,1-3H3/t12-/m0/s1. The van der Waals surface area contributed by atoms with E-state index in [0.717, 1.165) is 41.2 Å². The maximum atomic E-state index is 13.2. The number of benzene rings is 1. The predicted octanol–water partition coefficient (Wildman–Crippen LogP) is 3.02. The minimum Gasteiger partial charge on any atom is -0.497 e. The number of hydrogen-bond donors (Lipinski definition) is 0. The van der Waals surface area contributed by atoms with Crippen molar-refractivity contribution in [1.29, 1.82) is 0 Å². The van der Waals surface area contributed by atoms with Crippen molar-refractivity contribution in [3.05, 3.63) is 40.3 Å². The number of ether oxygens (including phenoxy) is 2. The summed E-state index contributed by atoms with van der Waals surface area (Å²) in [6.45, 7) is 1.87. The Balaban J connectivity index is 1.88. The van der Waals surface area contributed by atoms with E-state index in [9.17, 15) is 4.79 Å². The molecule has 1 aliphatic rings. The highest BCUT2D eigenvalue weighted by molar-refractivity contribution is 7.17. The fourth-order valence-electron chi connectivity index (χ4n) is 3.56. The minimum absolute atomic E-state index is 0.0180. The van der Waals surface area contributed by atoms with Gasteiger partial charge in [-0.05, 0) is 32.1 Å². The SMILES string of the molecule is COc1ccc(-c2csc3ncn([C@H]4CCN(C)C4)c(=O)c23)c(OC)c1. The normalized spacial score (nSPS) is 17.7. The van der Waals surface area contributed by atoms with Crippen LogP contribution >= 0.6 is 11.3 Å². The molecule has 1 aromatic carbocycles. The van der Waals surface area contributed by atoms with Crippen molar-refractivity contribution >= 4 is 21.6 Å². The van der Waals surface area contributed by atoms with E-state index in [-0.39, 0.29) is 11.6 Å². The third-order valence-electron chi connectivity index (χ3n) is 4.98. The molecule has 0 N–H and O–H groups in total. The van der Waals surface area contributed by atoms with Gasteiger partial charge in [-0.3, -0.25) is 9.36 Å². The zero-order chi connectivity index (χ0) is 18.3. The molecule has 0 bridgehead atoms. The highest BCUT2D eigenvalue weighted by Gasteiger charge is 2.24. The first-order valence-electron chi connectivity index (χ1n) is 8.51. The lowest BCUT2D eigenvalue weighted by molar-refractivity contribution is 0.389. The summed E-state index contributed by atoms with van der Waals surface area (Å²) in [6.07, 6.45) is 2.66. The zero-order valence-corrected chi connectivity index (χ0v) is 15.9. The molecule has 0 unspecified atom stereocenters. The first kappa shape index (κ1) is 17.1. The second-order valence-corrected chi connectivity index (χ2v) is 7.42. The third-order valence-corrected chi connectivity index (χ3v) is 5.86. The van der Waals surface area contributed by atoms with Crippen molar-refractivity contribution in [3.63, 3.8) is 0 Å². The quantitative estimate of drug-likeness (QED) is 0.706. The first-order valence-corrected chi connectivity index (χ1v) is 9.39. The number of aromatic nitrogens is 2. The van der Waals surface area contributed by atoms with Crippen molar-refractivity contribution in [1.82, 2.24) is 14.5 Å². The molecular formula is C19H21N3O3S. The molecule has 3 heterocycles. The molecule has 4 rings (SSSR count). The Hall–Kier alpha value is -2.38. The van der Waals surface area contributed by atoms with Crippen molar-refractivity contribution in [3.8, 4) is 22.6 Å². The average Bonchev–Trinajstić information content (AvgIpc) is 3.28. The molecule has 1 fully saturated rings. The van der Waals surface area contributed by atoms with Gasteiger partial charge in [0.25, 0.3) is 5.56 Å². The molecule has 0 amide bonds. The van der Waals surface area contributed by atoms with E-state index >= 15 is 0 Å². The first-order chi connectivity index (χ1) is 12.6. The summed E-state index contributed by atoms with van der Waals surface area (Å²) in [6, 6.07) is 5.82. The van der Waals surface area contributed by atoms with Crippen molar-refractivity contribution in [2.24, 2.45) is 0 Å². The second-order valence-electron chi connectivity index (χ2n) is 6.56. The molecule has 7 heteroatoms. The fraction of sp³-hybridized carbons (Fsp3) is 0.368. The van der Waals surface area contributed by atoms with Gasteiger partial charge in [-0.25, -0.2) is 4.98 Å². The van der Waals surface area contributed by atoms with E-state index in [2.05, 4.69) is 16.9 Å². The van der Waals surface area contributed by atoms with E-state index < -0.39 is 0 Å². The Kier molecular flexibility index (Phi) is 4.42. The summed E-state index contributed by atoms with van der Waals surface area (Å²) in [7, 11) is 5.32. The number of likely N-dealkylation sites (N-methyl/N-ethyl adjacent to an activating group) is 1. The molecule has 136 valence electrons. The summed E-state index contributed by atoms with van der Waals surface area (Å²) in [5.41, 5.74) is 1.76. The lowest BCUT2D eigenvalue weighted by Crippen LogP contribution is -2.26. The van der Waals surface area contributed by atoms with Crippen molar-refractivity contribution in [2.45, 2.75) is 12.5 Å². The van der Waals surface area contributed by atoms with E-state index in [4.69, 9.17) is 9.47 Å². The molecule has 0 spiro atoms. The molecule has 2 aromatic heterocycles. The summed E-state index contributed by atoms with van der Waals surface area (Å²) >= 11 is 1.48. The van der Waals surface area contributed by atoms with E-state index in [1.165, 1.54) is 11.3 Å². The molecule has 0 radical (unpaired) electrons.